The average molecular weight is 224 g/mol. The fraction of sp³-hybridized carbons (Fsp3) is 0.273. The fourth-order valence-electron chi connectivity index (χ4n) is 1.23. The Morgan fingerprint density at radius 2 is 2.27 bits per heavy atom. The standard InChI is InChI=1S/C11H10ClNO2/c1-15-11(14)9-5-8(3-2-4-13)6-10(12)7-9/h5-7H,2-3H2,1H3. The Hall–Kier alpha value is -1.53. The molecule has 1 aromatic rings. The zero-order valence-electron chi connectivity index (χ0n) is 8.29. The van der Waals surface area contributed by atoms with Crippen LogP contribution in [0.4, 0.5) is 0 Å². The van der Waals surface area contributed by atoms with E-state index in [2.05, 4.69) is 4.74 Å². The summed E-state index contributed by atoms with van der Waals surface area (Å²) in [4.78, 5) is 11.2. The van der Waals surface area contributed by atoms with Crippen LogP contribution in [0.5, 0.6) is 0 Å². The number of rotatable bonds is 3. The first kappa shape index (κ1) is 11.5. The Morgan fingerprint density at radius 1 is 1.53 bits per heavy atom. The van der Waals surface area contributed by atoms with Gasteiger partial charge in [0.25, 0.3) is 0 Å². The molecule has 0 aliphatic heterocycles. The Kier molecular flexibility index (Phi) is 4.14. The number of aryl methyl sites for hydroxylation is 1. The van der Waals surface area contributed by atoms with Crippen molar-refractivity contribution < 1.29 is 9.53 Å². The van der Waals surface area contributed by atoms with Gasteiger partial charge in [-0.3, -0.25) is 0 Å². The fourth-order valence-corrected chi connectivity index (χ4v) is 1.49. The molecule has 0 aliphatic rings. The second-order valence-electron chi connectivity index (χ2n) is 3.00. The van der Waals surface area contributed by atoms with Crippen LogP contribution in [0.3, 0.4) is 0 Å². The average Bonchev–Trinajstić information content (AvgIpc) is 2.24. The van der Waals surface area contributed by atoms with Crippen LogP contribution in [0.15, 0.2) is 18.2 Å². The lowest BCUT2D eigenvalue weighted by Gasteiger charge is -2.03. The van der Waals surface area contributed by atoms with Crippen LogP contribution in [0, 0.1) is 11.3 Å². The predicted octanol–water partition coefficient (Wildman–Crippen LogP) is 2.58. The Bertz CT molecular complexity index is 410. The molecule has 0 aliphatic carbocycles. The van der Waals surface area contributed by atoms with E-state index in [-0.39, 0.29) is 0 Å². The zero-order valence-corrected chi connectivity index (χ0v) is 9.04. The largest absolute Gasteiger partial charge is 0.465 e. The highest BCUT2D eigenvalue weighted by atomic mass is 35.5. The molecule has 1 aromatic carbocycles. The molecule has 3 nitrogen and oxygen atoms in total. The topological polar surface area (TPSA) is 50.1 Å². The number of benzene rings is 1. The van der Waals surface area contributed by atoms with Gasteiger partial charge in [0.15, 0.2) is 0 Å². The summed E-state index contributed by atoms with van der Waals surface area (Å²) in [6.07, 6.45) is 0.988. The molecule has 0 saturated heterocycles. The summed E-state index contributed by atoms with van der Waals surface area (Å²) in [5.41, 5.74) is 1.28. The van der Waals surface area contributed by atoms with Crippen molar-refractivity contribution in [2.75, 3.05) is 7.11 Å². The van der Waals surface area contributed by atoms with Gasteiger partial charge in [0.05, 0.1) is 18.7 Å². The monoisotopic (exact) mass is 223 g/mol. The van der Waals surface area contributed by atoms with Gasteiger partial charge in [0.2, 0.25) is 0 Å². The number of hydrogen-bond donors (Lipinski definition) is 0. The molecule has 78 valence electrons. The van der Waals surface area contributed by atoms with Crippen molar-refractivity contribution in [1.82, 2.24) is 0 Å². The second kappa shape index (κ2) is 5.38. The molecular formula is C11H10ClNO2. The molecule has 0 aromatic heterocycles. The van der Waals surface area contributed by atoms with Crippen LogP contribution in [0.1, 0.15) is 22.3 Å². The zero-order chi connectivity index (χ0) is 11.3. The van der Waals surface area contributed by atoms with E-state index in [4.69, 9.17) is 16.9 Å². The third-order valence-corrected chi connectivity index (χ3v) is 2.12. The Labute approximate surface area is 93.2 Å². The van der Waals surface area contributed by atoms with Gasteiger partial charge >= 0.3 is 5.97 Å². The van der Waals surface area contributed by atoms with Gasteiger partial charge in [-0.15, -0.1) is 0 Å². The minimum atomic E-state index is -0.421. The van der Waals surface area contributed by atoms with Crippen LogP contribution < -0.4 is 0 Å². The van der Waals surface area contributed by atoms with E-state index in [1.165, 1.54) is 7.11 Å². The number of ether oxygens (including phenoxy) is 1. The van der Waals surface area contributed by atoms with Crippen molar-refractivity contribution in [2.24, 2.45) is 0 Å². The summed E-state index contributed by atoms with van der Waals surface area (Å²) in [6, 6.07) is 7.01. The van der Waals surface area contributed by atoms with E-state index in [1.54, 1.807) is 18.2 Å². The first-order chi connectivity index (χ1) is 7.17. The summed E-state index contributed by atoms with van der Waals surface area (Å²) in [7, 11) is 1.32. The first-order valence-corrected chi connectivity index (χ1v) is 4.80. The van der Waals surface area contributed by atoms with E-state index < -0.39 is 5.97 Å². The molecule has 0 N–H and O–H groups in total. The number of carbonyl (C=O) groups excluding carboxylic acids is 1. The lowest BCUT2D eigenvalue weighted by atomic mass is 10.1. The molecule has 0 radical (unpaired) electrons. The highest BCUT2D eigenvalue weighted by Gasteiger charge is 2.07. The Morgan fingerprint density at radius 3 is 2.87 bits per heavy atom. The predicted molar refractivity (Wildman–Crippen MR) is 56.7 cm³/mol. The molecule has 0 bridgehead atoms. The highest BCUT2D eigenvalue weighted by molar-refractivity contribution is 6.31. The molecule has 0 saturated carbocycles. The number of methoxy groups -OCH3 is 1. The summed E-state index contributed by atoms with van der Waals surface area (Å²) < 4.78 is 4.59. The van der Waals surface area contributed by atoms with Crippen LogP contribution in [0.25, 0.3) is 0 Å². The maximum atomic E-state index is 11.2. The van der Waals surface area contributed by atoms with Gasteiger partial charge in [-0.05, 0) is 30.2 Å². The van der Waals surface area contributed by atoms with Gasteiger partial charge in [0, 0.05) is 11.4 Å². The van der Waals surface area contributed by atoms with Crippen LogP contribution >= 0.6 is 11.6 Å². The highest BCUT2D eigenvalue weighted by Crippen LogP contribution is 2.17. The van der Waals surface area contributed by atoms with Gasteiger partial charge in [-0.25, -0.2) is 4.79 Å². The lowest BCUT2D eigenvalue weighted by Crippen LogP contribution is -2.02. The SMILES string of the molecule is COC(=O)c1cc(Cl)cc(CCC#N)c1. The van der Waals surface area contributed by atoms with Crippen LogP contribution in [-0.4, -0.2) is 13.1 Å². The van der Waals surface area contributed by atoms with Gasteiger partial charge in [-0.2, -0.15) is 5.26 Å². The number of carbonyl (C=O) groups is 1. The van der Waals surface area contributed by atoms with E-state index in [1.807, 2.05) is 6.07 Å². The summed E-state index contributed by atoms with van der Waals surface area (Å²) >= 11 is 5.84. The van der Waals surface area contributed by atoms with Crippen molar-refractivity contribution in [2.45, 2.75) is 12.8 Å². The maximum Gasteiger partial charge on any atom is 0.337 e. The lowest BCUT2D eigenvalue weighted by molar-refractivity contribution is 0.0600. The summed E-state index contributed by atoms with van der Waals surface area (Å²) in [5.74, 6) is -0.421. The van der Waals surface area contributed by atoms with Gasteiger partial charge in [-0.1, -0.05) is 11.6 Å². The maximum absolute atomic E-state index is 11.2. The van der Waals surface area contributed by atoms with E-state index >= 15 is 0 Å². The minimum absolute atomic E-state index is 0.404. The van der Waals surface area contributed by atoms with Crippen molar-refractivity contribution >= 4 is 17.6 Å². The molecule has 0 heterocycles. The molecule has 0 spiro atoms. The van der Waals surface area contributed by atoms with Crippen LogP contribution in [0.2, 0.25) is 5.02 Å². The number of hydrogen-bond acceptors (Lipinski definition) is 3. The van der Waals surface area contributed by atoms with Gasteiger partial charge < -0.3 is 4.74 Å². The summed E-state index contributed by atoms with van der Waals surface area (Å²) in [5, 5.41) is 8.92. The Balaban J connectivity index is 2.95. The molecule has 15 heavy (non-hydrogen) atoms. The second-order valence-corrected chi connectivity index (χ2v) is 3.43. The van der Waals surface area contributed by atoms with E-state index in [0.717, 1.165) is 5.56 Å². The normalized spacial score (nSPS) is 9.40. The number of nitriles is 1. The smallest absolute Gasteiger partial charge is 0.337 e. The van der Waals surface area contributed by atoms with Crippen molar-refractivity contribution in [3.8, 4) is 6.07 Å². The number of halogens is 1. The minimum Gasteiger partial charge on any atom is -0.465 e. The molecule has 0 unspecified atom stereocenters. The quantitative estimate of drug-likeness (QED) is 0.740. The van der Waals surface area contributed by atoms with Gasteiger partial charge in [0.1, 0.15) is 0 Å². The summed E-state index contributed by atoms with van der Waals surface area (Å²) in [6.45, 7) is 0. The van der Waals surface area contributed by atoms with Crippen molar-refractivity contribution in [1.29, 1.82) is 5.26 Å². The first-order valence-electron chi connectivity index (χ1n) is 4.42. The number of esters is 1. The van der Waals surface area contributed by atoms with Crippen molar-refractivity contribution in [3.05, 3.63) is 34.3 Å². The number of nitrogens with zero attached hydrogens (tertiary/aromatic N) is 1. The van der Waals surface area contributed by atoms with E-state index in [0.29, 0.717) is 23.4 Å². The molecule has 0 amide bonds. The van der Waals surface area contributed by atoms with E-state index in [9.17, 15) is 4.79 Å². The molecular weight excluding hydrogens is 214 g/mol. The molecule has 1 rings (SSSR count). The molecule has 0 fully saturated rings. The molecule has 4 heteroatoms. The van der Waals surface area contributed by atoms with Crippen LogP contribution in [-0.2, 0) is 11.2 Å². The molecule has 0 atom stereocenters. The third-order valence-electron chi connectivity index (χ3n) is 1.90. The third kappa shape index (κ3) is 3.26. The van der Waals surface area contributed by atoms with Crippen molar-refractivity contribution in [3.63, 3.8) is 0 Å².